The number of aryl methyl sites for hydroxylation is 1. The zero-order chi connectivity index (χ0) is 21.5. The lowest BCUT2D eigenvalue weighted by atomic mass is 10.1. The molecule has 30 heavy (non-hydrogen) atoms. The number of amides is 1. The van der Waals surface area contributed by atoms with E-state index < -0.39 is 16.8 Å². The van der Waals surface area contributed by atoms with E-state index in [1.54, 1.807) is 12.3 Å². The van der Waals surface area contributed by atoms with E-state index in [9.17, 15) is 19.7 Å². The van der Waals surface area contributed by atoms with Crippen molar-refractivity contribution in [2.45, 2.75) is 13.0 Å². The SMILES string of the molecule is O=C(O)CCn1cc(/C=N/NC(=O)c2ccncc2)c(-c2cccc([N+](=O)[O-])c2)n1. The molecule has 152 valence electrons. The van der Waals surface area contributed by atoms with Gasteiger partial charge in [-0.15, -0.1) is 0 Å². The Morgan fingerprint density at radius 2 is 2.03 bits per heavy atom. The smallest absolute Gasteiger partial charge is 0.305 e. The number of non-ortho nitro benzene ring substituents is 1. The minimum atomic E-state index is -0.984. The summed E-state index contributed by atoms with van der Waals surface area (Å²) in [4.78, 5) is 37.3. The molecule has 2 aromatic heterocycles. The number of carbonyl (C=O) groups excluding carboxylic acids is 1. The van der Waals surface area contributed by atoms with Gasteiger partial charge in [-0.25, -0.2) is 5.43 Å². The lowest BCUT2D eigenvalue weighted by molar-refractivity contribution is -0.384. The number of nitro benzene ring substituents is 1. The summed E-state index contributed by atoms with van der Waals surface area (Å²) in [5.41, 5.74) is 3.92. The third-order valence-corrected chi connectivity index (χ3v) is 3.99. The first kappa shape index (κ1) is 20.3. The van der Waals surface area contributed by atoms with Gasteiger partial charge in [0.05, 0.1) is 24.1 Å². The molecule has 0 spiro atoms. The first-order valence-electron chi connectivity index (χ1n) is 8.71. The molecule has 0 atom stereocenters. The maximum atomic E-state index is 12.1. The number of rotatable bonds is 8. The van der Waals surface area contributed by atoms with Crippen molar-refractivity contribution in [3.05, 3.63) is 76.2 Å². The molecular weight excluding hydrogens is 392 g/mol. The monoisotopic (exact) mass is 408 g/mol. The number of aromatic nitrogens is 3. The minimum Gasteiger partial charge on any atom is -0.481 e. The van der Waals surface area contributed by atoms with Crippen LogP contribution in [0.15, 0.2) is 60.1 Å². The van der Waals surface area contributed by atoms with E-state index in [1.807, 2.05) is 0 Å². The minimum absolute atomic E-state index is 0.106. The lowest BCUT2D eigenvalue weighted by Crippen LogP contribution is -2.17. The first-order valence-corrected chi connectivity index (χ1v) is 8.71. The van der Waals surface area contributed by atoms with Crippen LogP contribution in [-0.4, -0.2) is 42.9 Å². The Hall–Kier alpha value is -4.41. The van der Waals surface area contributed by atoms with Crippen LogP contribution in [0.5, 0.6) is 0 Å². The number of carboxylic acids is 1. The normalized spacial score (nSPS) is 10.8. The van der Waals surface area contributed by atoms with E-state index in [0.717, 1.165) is 0 Å². The van der Waals surface area contributed by atoms with Crippen LogP contribution >= 0.6 is 0 Å². The Morgan fingerprint density at radius 1 is 1.27 bits per heavy atom. The second kappa shape index (κ2) is 9.19. The van der Waals surface area contributed by atoms with Gasteiger partial charge >= 0.3 is 5.97 Å². The standard InChI is InChI=1S/C19H16N6O5/c26-17(27)6-9-24-12-15(11-21-22-19(28)13-4-7-20-8-5-13)18(23-24)14-2-1-3-16(10-14)25(29)30/h1-5,7-8,10-12H,6,9H2,(H,22,28)(H,26,27)/b21-11+. The van der Waals surface area contributed by atoms with Crippen molar-refractivity contribution in [3.63, 3.8) is 0 Å². The van der Waals surface area contributed by atoms with Crippen LogP contribution in [0.4, 0.5) is 5.69 Å². The fourth-order valence-corrected chi connectivity index (χ4v) is 2.58. The summed E-state index contributed by atoms with van der Waals surface area (Å²) in [5, 5.41) is 28.2. The maximum absolute atomic E-state index is 12.1. The molecule has 2 heterocycles. The molecule has 3 aromatic rings. The number of benzene rings is 1. The molecule has 0 unspecified atom stereocenters. The molecule has 0 saturated carbocycles. The van der Waals surface area contributed by atoms with E-state index in [2.05, 4.69) is 20.6 Å². The van der Waals surface area contributed by atoms with Crippen molar-refractivity contribution >= 4 is 23.8 Å². The Labute approximate surface area is 169 Å². The fraction of sp³-hybridized carbons (Fsp3) is 0.105. The molecule has 0 radical (unpaired) electrons. The first-order chi connectivity index (χ1) is 14.4. The highest BCUT2D eigenvalue weighted by atomic mass is 16.6. The van der Waals surface area contributed by atoms with Crippen molar-refractivity contribution in [2.24, 2.45) is 5.10 Å². The molecule has 0 aliphatic rings. The molecule has 2 N–H and O–H groups in total. The second-order valence-corrected chi connectivity index (χ2v) is 6.08. The molecule has 0 bridgehead atoms. The molecule has 0 aliphatic heterocycles. The van der Waals surface area contributed by atoms with Gasteiger partial charge in [-0.1, -0.05) is 12.1 Å². The number of hydrazone groups is 1. The van der Waals surface area contributed by atoms with Gasteiger partial charge in [0.2, 0.25) is 0 Å². The van der Waals surface area contributed by atoms with Crippen LogP contribution in [0, 0.1) is 10.1 Å². The van der Waals surface area contributed by atoms with Crippen LogP contribution < -0.4 is 5.43 Å². The van der Waals surface area contributed by atoms with Gasteiger partial charge in [-0.2, -0.15) is 10.2 Å². The number of carboxylic acid groups (broad SMARTS) is 1. The van der Waals surface area contributed by atoms with Gasteiger partial charge in [0.25, 0.3) is 11.6 Å². The second-order valence-electron chi connectivity index (χ2n) is 6.08. The topological polar surface area (TPSA) is 153 Å². The van der Waals surface area contributed by atoms with Gasteiger partial charge < -0.3 is 5.11 Å². The van der Waals surface area contributed by atoms with E-state index >= 15 is 0 Å². The van der Waals surface area contributed by atoms with Crippen molar-refractivity contribution in [2.75, 3.05) is 0 Å². The summed E-state index contributed by atoms with van der Waals surface area (Å²) >= 11 is 0. The summed E-state index contributed by atoms with van der Waals surface area (Å²) in [6.45, 7) is 0.106. The highest BCUT2D eigenvalue weighted by molar-refractivity contribution is 5.95. The quantitative estimate of drug-likeness (QED) is 0.329. The molecule has 0 fully saturated rings. The predicted octanol–water partition coefficient (Wildman–Crippen LogP) is 2.09. The van der Waals surface area contributed by atoms with E-state index in [1.165, 1.54) is 53.6 Å². The van der Waals surface area contributed by atoms with E-state index in [-0.39, 0.29) is 18.7 Å². The highest BCUT2D eigenvalue weighted by Crippen LogP contribution is 2.25. The van der Waals surface area contributed by atoms with Gasteiger partial charge in [-0.05, 0) is 12.1 Å². The molecule has 11 heteroatoms. The predicted molar refractivity (Wildman–Crippen MR) is 106 cm³/mol. The lowest BCUT2D eigenvalue weighted by Gasteiger charge is -2.00. The number of pyridine rings is 1. The van der Waals surface area contributed by atoms with Crippen LogP contribution in [0.3, 0.4) is 0 Å². The van der Waals surface area contributed by atoms with Crippen LogP contribution in [0.2, 0.25) is 0 Å². The average molecular weight is 408 g/mol. The van der Waals surface area contributed by atoms with Gasteiger partial charge in [0.15, 0.2) is 0 Å². The summed E-state index contributed by atoms with van der Waals surface area (Å²) in [5.74, 6) is -1.42. The third kappa shape index (κ3) is 5.10. The Balaban J connectivity index is 1.88. The van der Waals surface area contributed by atoms with Crippen molar-refractivity contribution in [3.8, 4) is 11.3 Å². The summed E-state index contributed by atoms with van der Waals surface area (Å²) in [6, 6.07) is 8.94. The highest BCUT2D eigenvalue weighted by Gasteiger charge is 2.14. The molecule has 11 nitrogen and oxygen atoms in total. The number of hydrogen-bond acceptors (Lipinski definition) is 7. The van der Waals surface area contributed by atoms with Crippen LogP contribution in [0.1, 0.15) is 22.3 Å². The summed E-state index contributed by atoms with van der Waals surface area (Å²) < 4.78 is 1.41. The number of nitrogens with zero attached hydrogens (tertiary/aromatic N) is 5. The molecule has 1 amide bonds. The van der Waals surface area contributed by atoms with Crippen LogP contribution in [0.25, 0.3) is 11.3 Å². The Kier molecular flexibility index (Phi) is 6.23. The molecule has 0 aliphatic carbocycles. The largest absolute Gasteiger partial charge is 0.481 e. The van der Waals surface area contributed by atoms with Gasteiger partial charge in [0.1, 0.15) is 5.69 Å². The van der Waals surface area contributed by atoms with E-state index in [4.69, 9.17) is 5.11 Å². The third-order valence-electron chi connectivity index (χ3n) is 3.99. The number of nitrogens with one attached hydrogen (secondary N) is 1. The van der Waals surface area contributed by atoms with Crippen molar-refractivity contribution in [1.29, 1.82) is 0 Å². The number of nitro groups is 1. The van der Waals surface area contributed by atoms with Crippen molar-refractivity contribution in [1.82, 2.24) is 20.2 Å². The summed E-state index contributed by atoms with van der Waals surface area (Å²) in [7, 11) is 0. The molecular formula is C19H16N6O5. The van der Waals surface area contributed by atoms with E-state index in [0.29, 0.717) is 22.4 Å². The maximum Gasteiger partial charge on any atom is 0.305 e. The zero-order valence-corrected chi connectivity index (χ0v) is 15.5. The number of aliphatic carboxylic acids is 1. The molecule has 0 saturated heterocycles. The average Bonchev–Trinajstić information content (AvgIpc) is 3.16. The zero-order valence-electron chi connectivity index (χ0n) is 15.5. The Morgan fingerprint density at radius 3 is 2.73 bits per heavy atom. The van der Waals surface area contributed by atoms with Crippen LogP contribution in [-0.2, 0) is 11.3 Å². The molecule has 1 aromatic carbocycles. The Bertz CT molecular complexity index is 1110. The summed E-state index contributed by atoms with van der Waals surface area (Å²) in [6.07, 6.45) is 5.71. The number of carbonyl (C=O) groups is 2. The fourth-order valence-electron chi connectivity index (χ4n) is 2.58. The van der Waals surface area contributed by atoms with Gasteiger partial charge in [0, 0.05) is 47.4 Å². The number of hydrogen-bond donors (Lipinski definition) is 2. The molecule has 3 rings (SSSR count). The van der Waals surface area contributed by atoms with Crippen molar-refractivity contribution < 1.29 is 19.6 Å². The van der Waals surface area contributed by atoms with Gasteiger partial charge in [-0.3, -0.25) is 29.4 Å².